The quantitative estimate of drug-likeness (QED) is 0.194. The van der Waals surface area contributed by atoms with Gasteiger partial charge in [-0.2, -0.15) is 31.3 Å². The number of anilines is 1. The molecule has 2 aromatic carbocycles. The Morgan fingerprint density at radius 3 is 2.45 bits per heavy atom. The van der Waals surface area contributed by atoms with Crippen molar-refractivity contribution in [1.29, 1.82) is 0 Å². The van der Waals surface area contributed by atoms with Crippen molar-refractivity contribution in [3.63, 3.8) is 0 Å². The molecule has 0 aliphatic rings. The van der Waals surface area contributed by atoms with Gasteiger partial charge in [-0.1, -0.05) is 18.2 Å². The van der Waals surface area contributed by atoms with Gasteiger partial charge in [-0.05, 0) is 42.3 Å². The maximum Gasteiger partial charge on any atom is 0.416 e. The molecular weight excluding hydrogens is 520 g/mol. The molecule has 2 heterocycles. The molecule has 0 aliphatic carbocycles. The second-order valence-electron chi connectivity index (χ2n) is 8.17. The average molecular weight is 539 g/mol. The number of hydrogen-bond acceptors (Lipinski definition) is 6. The molecule has 200 valence electrons. The number of benzene rings is 2. The monoisotopic (exact) mass is 539 g/mol. The number of nitrogens with zero attached hydrogens (tertiary/aromatic N) is 3. The Morgan fingerprint density at radius 1 is 1.00 bits per heavy atom. The van der Waals surface area contributed by atoms with E-state index in [1.54, 1.807) is 24.3 Å². The molecule has 0 atom stereocenters. The van der Waals surface area contributed by atoms with Crippen LogP contribution in [0.15, 0.2) is 65.3 Å². The van der Waals surface area contributed by atoms with E-state index in [0.717, 1.165) is 12.3 Å². The number of hydrogen-bond donors (Lipinski definition) is 1. The summed E-state index contributed by atoms with van der Waals surface area (Å²) in [5.74, 6) is -1.01. The van der Waals surface area contributed by atoms with E-state index in [2.05, 4.69) is 9.97 Å². The predicted octanol–water partition coefficient (Wildman–Crippen LogP) is 6.43. The van der Waals surface area contributed by atoms with Gasteiger partial charge in [0.15, 0.2) is 5.58 Å². The lowest BCUT2D eigenvalue weighted by Crippen LogP contribution is -2.27. The van der Waals surface area contributed by atoms with Crippen LogP contribution >= 0.6 is 0 Å². The van der Waals surface area contributed by atoms with Crippen molar-refractivity contribution in [2.24, 2.45) is 0 Å². The zero-order valence-electron chi connectivity index (χ0n) is 19.4. The first kappa shape index (κ1) is 26.8. The first-order chi connectivity index (χ1) is 17.9. The van der Waals surface area contributed by atoms with Gasteiger partial charge in [0.2, 0.25) is 0 Å². The van der Waals surface area contributed by atoms with Gasteiger partial charge in [-0.25, -0.2) is 4.79 Å². The molecule has 0 saturated carbocycles. The number of rotatable bonds is 9. The molecule has 0 saturated heterocycles. The Labute approximate surface area is 211 Å². The Bertz CT molecular complexity index is 1400. The fourth-order valence-corrected chi connectivity index (χ4v) is 3.66. The van der Waals surface area contributed by atoms with E-state index in [9.17, 15) is 31.1 Å². The smallest absolute Gasteiger partial charge is 0.416 e. The van der Waals surface area contributed by atoms with Gasteiger partial charge in [0, 0.05) is 19.3 Å². The van der Waals surface area contributed by atoms with Crippen LogP contribution in [0.5, 0.6) is 5.75 Å². The first-order valence-corrected chi connectivity index (χ1v) is 11.1. The van der Waals surface area contributed by atoms with Crippen molar-refractivity contribution in [1.82, 2.24) is 9.97 Å². The van der Waals surface area contributed by atoms with Crippen LogP contribution < -0.4 is 9.64 Å². The standard InChI is InChI=1S/C25H19F6N3O4/c26-24(27,28)17-7-6-15(19(11-17)25(29,30)31)14-34(23-33-20-4-1-2-5-21(20)38-23)8-3-9-37-18-10-16(22(35)36)12-32-13-18/h1-2,4-7,10-13H,3,8-9,14H2,(H,35,36). The van der Waals surface area contributed by atoms with Crippen molar-refractivity contribution >= 4 is 23.1 Å². The average Bonchev–Trinajstić information content (AvgIpc) is 3.29. The number of fused-ring (bicyclic) bond motifs is 1. The summed E-state index contributed by atoms with van der Waals surface area (Å²) in [5, 5.41) is 9.06. The SMILES string of the molecule is O=C(O)c1cncc(OCCCN(Cc2ccc(C(F)(F)F)cc2C(F)(F)F)c2nc3ccccc3o2)c1. The Kier molecular flexibility index (Phi) is 7.46. The van der Waals surface area contributed by atoms with Gasteiger partial charge >= 0.3 is 18.3 Å². The predicted molar refractivity (Wildman–Crippen MR) is 123 cm³/mol. The van der Waals surface area contributed by atoms with Crippen LogP contribution in [0, 0.1) is 0 Å². The van der Waals surface area contributed by atoms with Crippen LogP contribution in [0.3, 0.4) is 0 Å². The highest BCUT2D eigenvalue weighted by Crippen LogP contribution is 2.38. The third-order valence-corrected chi connectivity index (χ3v) is 5.46. The fraction of sp³-hybridized carbons (Fsp3) is 0.240. The number of carboxylic acids is 1. The molecule has 4 aromatic rings. The van der Waals surface area contributed by atoms with Crippen molar-refractivity contribution in [2.75, 3.05) is 18.1 Å². The van der Waals surface area contributed by atoms with Crippen molar-refractivity contribution < 1.29 is 45.4 Å². The molecule has 2 aromatic heterocycles. The normalized spacial score (nSPS) is 12.1. The minimum atomic E-state index is -5.03. The number of aromatic carboxylic acids is 1. The van der Waals surface area contributed by atoms with Crippen LogP contribution in [0.25, 0.3) is 11.1 Å². The molecular formula is C25H19F6N3O4. The first-order valence-electron chi connectivity index (χ1n) is 11.1. The van der Waals surface area contributed by atoms with Crippen molar-refractivity contribution in [3.8, 4) is 5.75 Å². The van der Waals surface area contributed by atoms with E-state index in [1.807, 2.05) is 0 Å². The minimum Gasteiger partial charge on any atom is -0.492 e. The summed E-state index contributed by atoms with van der Waals surface area (Å²) in [7, 11) is 0. The molecule has 4 rings (SSSR count). The van der Waals surface area contributed by atoms with Crippen LogP contribution in [-0.4, -0.2) is 34.2 Å². The summed E-state index contributed by atoms with van der Waals surface area (Å²) in [6, 6.07) is 9.38. The van der Waals surface area contributed by atoms with Crippen molar-refractivity contribution in [2.45, 2.75) is 25.3 Å². The molecule has 0 radical (unpaired) electrons. The zero-order valence-corrected chi connectivity index (χ0v) is 19.4. The van der Waals surface area contributed by atoms with Gasteiger partial charge in [-0.15, -0.1) is 0 Å². The summed E-state index contributed by atoms with van der Waals surface area (Å²) >= 11 is 0. The molecule has 1 N–H and O–H groups in total. The highest BCUT2D eigenvalue weighted by Gasteiger charge is 2.38. The number of carbonyl (C=O) groups is 1. The summed E-state index contributed by atoms with van der Waals surface area (Å²) in [6.07, 6.45) is -7.30. The second kappa shape index (κ2) is 10.6. The number of oxazole rings is 1. The lowest BCUT2D eigenvalue weighted by molar-refractivity contribution is -0.143. The molecule has 0 amide bonds. The van der Waals surface area contributed by atoms with E-state index in [-0.39, 0.29) is 43.0 Å². The molecule has 0 unspecified atom stereocenters. The number of aromatic nitrogens is 2. The van der Waals surface area contributed by atoms with Crippen LogP contribution in [0.2, 0.25) is 0 Å². The number of para-hydroxylation sites is 2. The molecule has 38 heavy (non-hydrogen) atoms. The van der Waals surface area contributed by atoms with Crippen molar-refractivity contribution in [3.05, 3.63) is 83.2 Å². The van der Waals surface area contributed by atoms with Crippen LogP contribution in [-0.2, 0) is 18.9 Å². The fourth-order valence-electron chi connectivity index (χ4n) is 3.66. The summed E-state index contributed by atoms with van der Waals surface area (Å²) in [5.41, 5.74) is -2.48. The van der Waals surface area contributed by atoms with E-state index in [4.69, 9.17) is 14.3 Å². The molecule has 13 heteroatoms. The Morgan fingerprint density at radius 2 is 1.76 bits per heavy atom. The summed E-state index contributed by atoms with van der Waals surface area (Å²) in [6.45, 7) is -0.367. The van der Waals surface area contributed by atoms with Crippen LogP contribution in [0.1, 0.15) is 33.5 Å². The van der Waals surface area contributed by atoms with E-state index >= 15 is 0 Å². The Balaban J connectivity index is 1.58. The molecule has 0 spiro atoms. The minimum absolute atomic E-state index is 0.0197. The number of alkyl halides is 6. The van der Waals surface area contributed by atoms with E-state index < -0.39 is 41.6 Å². The number of carboxylic acid groups (broad SMARTS) is 1. The van der Waals surface area contributed by atoms with Gasteiger partial charge < -0.3 is 19.2 Å². The third kappa shape index (κ3) is 6.33. The number of pyridine rings is 1. The van der Waals surface area contributed by atoms with Gasteiger partial charge in [-0.3, -0.25) is 4.98 Å². The van der Waals surface area contributed by atoms with Gasteiger partial charge in [0.1, 0.15) is 11.3 Å². The second-order valence-corrected chi connectivity index (χ2v) is 8.17. The van der Waals surface area contributed by atoms with E-state index in [1.165, 1.54) is 17.2 Å². The van der Waals surface area contributed by atoms with Gasteiger partial charge in [0.05, 0.1) is 29.5 Å². The number of halogens is 6. The maximum atomic E-state index is 13.7. The molecule has 0 aliphatic heterocycles. The topological polar surface area (TPSA) is 88.7 Å². The lowest BCUT2D eigenvalue weighted by Gasteiger charge is -2.23. The highest BCUT2D eigenvalue weighted by atomic mass is 19.4. The third-order valence-electron chi connectivity index (χ3n) is 5.46. The van der Waals surface area contributed by atoms with Crippen LogP contribution in [0.4, 0.5) is 32.4 Å². The summed E-state index contributed by atoms with van der Waals surface area (Å²) in [4.78, 5) is 20.5. The molecule has 7 nitrogen and oxygen atoms in total. The largest absolute Gasteiger partial charge is 0.492 e. The molecule has 0 bridgehead atoms. The zero-order chi connectivity index (χ0) is 27.5. The highest BCUT2D eigenvalue weighted by molar-refractivity contribution is 5.87. The summed E-state index contributed by atoms with van der Waals surface area (Å²) < 4.78 is 91.7. The number of ether oxygens (including phenoxy) is 1. The maximum absolute atomic E-state index is 13.7. The van der Waals surface area contributed by atoms with E-state index in [0.29, 0.717) is 17.2 Å². The Hall–Kier alpha value is -4.29. The molecule has 0 fully saturated rings. The van der Waals surface area contributed by atoms with Gasteiger partial charge in [0.25, 0.3) is 6.01 Å². The lowest BCUT2D eigenvalue weighted by atomic mass is 10.0.